The van der Waals surface area contributed by atoms with Crippen LogP contribution in [0.1, 0.15) is 39.8 Å². The van der Waals surface area contributed by atoms with Gasteiger partial charge in [-0.25, -0.2) is 0 Å². The molecular weight excluding hydrogens is 596 g/mol. The van der Waals surface area contributed by atoms with E-state index in [0.717, 1.165) is 57.7 Å². The van der Waals surface area contributed by atoms with Gasteiger partial charge in [-0.2, -0.15) is 0 Å². The van der Waals surface area contributed by atoms with E-state index in [1.54, 1.807) is 6.07 Å². The first-order chi connectivity index (χ1) is 23.7. The molecule has 1 N–H and O–H groups in total. The second kappa shape index (κ2) is 16.8. The molecule has 0 aliphatic carbocycles. The predicted molar refractivity (Wildman–Crippen MR) is 190 cm³/mol. The van der Waals surface area contributed by atoms with E-state index in [0.29, 0.717) is 44.3 Å². The Balaban J connectivity index is 1.17. The third-order valence-corrected chi connectivity index (χ3v) is 8.04. The lowest BCUT2D eigenvalue weighted by molar-refractivity contribution is 0.284. The summed E-state index contributed by atoms with van der Waals surface area (Å²) in [4.78, 5) is 0. The Morgan fingerprint density at radius 2 is 0.833 bits per heavy atom. The Bertz CT molecular complexity index is 1840. The molecule has 242 valence electrons. The van der Waals surface area contributed by atoms with Crippen LogP contribution >= 0.6 is 0 Å². The first-order valence-corrected chi connectivity index (χ1v) is 16.4. The third-order valence-electron chi connectivity index (χ3n) is 8.04. The number of hydrogen-bond acceptors (Lipinski definition) is 5. The summed E-state index contributed by atoms with van der Waals surface area (Å²) < 4.78 is 24.9. The summed E-state index contributed by atoms with van der Waals surface area (Å²) in [6.07, 6.45) is 2.12. The zero-order valence-electron chi connectivity index (χ0n) is 27.0. The van der Waals surface area contributed by atoms with E-state index >= 15 is 0 Å². The van der Waals surface area contributed by atoms with Crippen LogP contribution in [-0.4, -0.2) is 5.11 Å². The van der Waals surface area contributed by atoms with E-state index in [4.69, 9.17) is 18.9 Å². The molecule has 6 aromatic carbocycles. The minimum atomic E-state index is 0.161. The van der Waals surface area contributed by atoms with E-state index < -0.39 is 0 Å². The van der Waals surface area contributed by atoms with Gasteiger partial charge in [-0.1, -0.05) is 127 Å². The maximum atomic E-state index is 11.2. The van der Waals surface area contributed by atoms with Crippen LogP contribution in [0.2, 0.25) is 0 Å². The number of phenolic OH excluding ortho intramolecular Hbond substituents is 1. The fourth-order valence-electron chi connectivity index (χ4n) is 5.44. The van der Waals surface area contributed by atoms with Gasteiger partial charge in [-0.15, -0.1) is 0 Å². The topological polar surface area (TPSA) is 57.2 Å². The lowest BCUT2D eigenvalue weighted by Crippen LogP contribution is -2.03. The van der Waals surface area contributed by atoms with Crippen LogP contribution in [-0.2, 0) is 39.3 Å². The van der Waals surface area contributed by atoms with Crippen LogP contribution in [0.25, 0.3) is 0 Å². The minimum Gasteiger partial charge on any atom is -0.507 e. The Morgan fingerprint density at radius 1 is 0.396 bits per heavy atom. The van der Waals surface area contributed by atoms with Gasteiger partial charge in [0.05, 0.1) is 0 Å². The molecule has 6 rings (SSSR count). The fourth-order valence-corrected chi connectivity index (χ4v) is 5.44. The molecule has 5 nitrogen and oxygen atoms in total. The monoisotopic (exact) mass is 636 g/mol. The van der Waals surface area contributed by atoms with Crippen molar-refractivity contribution in [2.75, 3.05) is 0 Å². The highest BCUT2D eigenvalue weighted by atomic mass is 16.5. The first kappa shape index (κ1) is 32.3. The molecule has 0 aromatic heterocycles. The van der Waals surface area contributed by atoms with Crippen LogP contribution in [0.5, 0.6) is 28.7 Å². The molecule has 0 fully saturated rings. The average Bonchev–Trinajstić information content (AvgIpc) is 3.14. The van der Waals surface area contributed by atoms with Crippen LogP contribution in [0.4, 0.5) is 0 Å². The van der Waals surface area contributed by atoms with E-state index in [1.165, 1.54) is 0 Å². The van der Waals surface area contributed by atoms with Crippen molar-refractivity contribution in [1.29, 1.82) is 0 Å². The summed E-state index contributed by atoms with van der Waals surface area (Å²) in [5.41, 5.74) is 6.14. The van der Waals surface area contributed by atoms with Gasteiger partial charge in [-0.3, -0.25) is 0 Å². The normalized spacial score (nSPS) is 10.8. The van der Waals surface area contributed by atoms with Gasteiger partial charge in [0.2, 0.25) is 0 Å². The van der Waals surface area contributed by atoms with Crippen molar-refractivity contribution in [2.24, 2.45) is 0 Å². The van der Waals surface area contributed by atoms with Crippen LogP contribution in [0, 0.1) is 0 Å². The zero-order valence-corrected chi connectivity index (χ0v) is 27.0. The van der Waals surface area contributed by atoms with Gasteiger partial charge in [-0.05, 0) is 53.1 Å². The Labute approximate surface area is 283 Å². The van der Waals surface area contributed by atoms with E-state index in [9.17, 15) is 5.11 Å². The average molecular weight is 637 g/mol. The number of hydrogen-bond donors (Lipinski definition) is 1. The van der Waals surface area contributed by atoms with Gasteiger partial charge >= 0.3 is 0 Å². The molecule has 0 unspecified atom stereocenters. The largest absolute Gasteiger partial charge is 0.507 e. The molecule has 0 saturated carbocycles. The van der Waals surface area contributed by atoms with Gasteiger partial charge in [0.1, 0.15) is 55.2 Å². The predicted octanol–water partition coefficient (Wildman–Crippen LogP) is 9.88. The molecule has 0 heterocycles. The van der Waals surface area contributed by atoms with Crippen molar-refractivity contribution >= 4 is 0 Å². The highest BCUT2D eigenvalue weighted by Crippen LogP contribution is 2.36. The van der Waals surface area contributed by atoms with Gasteiger partial charge in [0.25, 0.3) is 0 Å². The molecule has 0 saturated heterocycles. The van der Waals surface area contributed by atoms with Crippen molar-refractivity contribution in [3.63, 3.8) is 0 Å². The molecular formula is C43H40O5. The number of rotatable bonds is 16. The molecule has 0 atom stereocenters. The van der Waals surface area contributed by atoms with Gasteiger partial charge < -0.3 is 24.1 Å². The van der Waals surface area contributed by atoms with Crippen LogP contribution in [0.15, 0.2) is 152 Å². The van der Waals surface area contributed by atoms with Crippen molar-refractivity contribution in [1.82, 2.24) is 0 Å². The molecule has 0 radical (unpaired) electrons. The summed E-state index contributed by atoms with van der Waals surface area (Å²) in [6, 6.07) is 49.9. The molecule has 6 aromatic rings. The van der Waals surface area contributed by atoms with Crippen molar-refractivity contribution < 1.29 is 24.1 Å². The molecule has 0 aliphatic heterocycles. The lowest BCUT2D eigenvalue weighted by Gasteiger charge is -2.17. The number of benzene rings is 6. The third kappa shape index (κ3) is 9.43. The van der Waals surface area contributed by atoms with Crippen LogP contribution in [0.3, 0.4) is 0 Å². The zero-order chi connectivity index (χ0) is 32.8. The summed E-state index contributed by atoms with van der Waals surface area (Å²) in [6.45, 7) is 1.72. The summed E-state index contributed by atoms with van der Waals surface area (Å²) >= 11 is 0. The van der Waals surface area contributed by atoms with Crippen molar-refractivity contribution in [3.8, 4) is 28.7 Å². The summed E-state index contributed by atoms with van der Waals surface area (Å²) in [5, 5.41) is 11.2. The standard InChI is InChI=1S/C43H40O5/c44-41-26-39(46-30-34-16-7-2-8-17-34)28-43(48-32-36-20-11-4-12-21-36)40(41)23-13-22-37-24-25-38(45-29-33-14-5-1-6-15-33)27-42(37)47-31-35-18-9-3-10-19-35/h1-12,14-21,24-28,44H,13,22-23,29-32H2. The van der Waals surface area contributed by atoms with Gasteiger partial charge in [0, 0.05) is 23.8 Å². The Morgan fingerprint density at radius 3 is 1.35 bits per heavy atom. The molecule has 0 amide bonds. The highest BCUT2D eigenvalue weighted by molar-refractivity contribution is 5.50. The minimum absolute atomic E-state index is 0.161. The molecule has 0 aliphatic rings. The number of aromatic hydroxyl groups is 1. The Kier molecular flexibility index (Phi) is 11.3. The second-order valence-corrected chi connectivity index (χ2v) is 11.6. The smallest absolute Gasteiger partial charge is 0.130 e. The van der Waals surface area contributed by atoms with E-state index in [2.05, 4.69) is 30.3 Å². The van der Waals surface area contributed by atoms with Crippen LogP contribution < -0.4 is 18.9 Å². The summed E-state index contributed by atoms with van der Waals surface area (Å²) in [5.74, 6) is 2.89. The molecule has 0 bridgehead atoms. The van der Waals surface area contributed by atoms with Crippen molar-refractivity contribution in [2.45, 2.75) is 45.7 Å². The lowest BCUT2D eigenvalue weighted by atomic mass is 10.0. The molecule has 0 spiro atoms. The number of aryl methyl sites for hydroxylation is 1. The maximum absolute atomic E-state index is 11.2. The summed E-state index contributed by atoms with van der Waals surface area (Å²) in [7, 11) is 0. The highest BCUT2D eigenvalue weighted by Gasteiger charge is 2.15. The quantitative estimate of drug-likeness (QED) is 0.115. The van der Waals surface area contributed by atoms with Gasteiger partial charge in [0.15, 0.2) is 0 Å². The van der Waals surface area contributed by atoms with E-state index in [-0.39, 0.29) is 5.75 Å². The van der Waals surface area contributed by atoms with Crippen molar-refractivity contribution in [3.05, 3.63) is 185 Å². The number of phenols is 1. The van der Waals surface area contributed by atoms with E-state index in [1.807, 2.05) is 115 Å². The Hall–Kier alpha value is -5.68. The SMILES string of the molecule is Oc1cc(OCc2ccccc2)cc(OCc2ccccc2)c1CCCc1ccc(OCc2ccccc2)cc1OCc1ccccc1. The maximum Gasteiger partial charge on any atom is 0.130 e. The fraction of sp³-hybridized carbons (Fsp3) is 0.163. The molecule has 48 heavy (non-hydrogen) atoms. The molecule has 5 heteroatoms. The second-order valence-electron chi connectivity index (χ2n) is 11.6. The first-order valence-electron chi connectivity index (χ1n) is 16.4. The number of ether oxygens (including phenoxy) is 4.